The smallest absolute Gasteiger partial charge is 0.260 e. The van der Waals surface area contributed by atoms with E-state index >= 15 is 0 Å². The fourth-order valence-corrected chi connectivity index (χ4v) is 2.80. The molecule has 3 rings (SSSR count). The predicted octanol–water partition coefficient (Wildman–Crippen LogP) is 0.761. The summed E-state index contributed by atoms with van der Waals surface area (Å²) in [7, 11) is 0. The third-order valence-electron chi connectivity index (χ3n) is 4.14. The van der Waals surface area contributed by atoms with E-state index in [1.54, 1.807) is 16.8 Å². The van der Waals surface area contributed by atoms with Crippen LogP contribution in [-0.4, -0.2) is 75.2 Å². The van der Waals surface area contributed by atoms with Crippen molar-refractivity contribution in [1.82, 2.24) is 30.0 Å². The molecule has 1 aromatic heterocycles. The summed E-state index contributed by atoms with van der Waals surface area (Å²) in [6, 6.07) is 7.29. The SMILES string of the molecule is C=CCN1CCCN(C(=O)COc2ccc(-n3cnnn3)cc2)CC1. The number of aromatic nitrogens is 4. The standard InChI is InChI=1S/C17H22N6O2/c1-2-8-21-9-3-10-22(12-11-21)17(24)13-25-16-6-4-15(5-7-16)23-14-18-19-20-23/h2,4-7,14H,1,3,8-13H2. The van der Waals surface area contributed by atoms with Gasteiger partial charge in [-0.15, -0.1) is 11.7 Å². The van der Waals surface area contributed by atoms with Crippen molar-refractivity contribution in [2.45, 2.75) is 6.42 Å². The molecule has 1 saturated heterocycles. The minimum absolute atomic E-state index is 0.0185. The van der Waals surface area contributed by atoms with Crippen molar-refractivity contribution in [3.05, 3.63) is 43.2 Å². The van der Waals surface area contributed by atoms with E-state index in [1.165, 1.54) is 6.33 Å². The lowest BCUT2D eigenvalue weighted by Crippen LogP contribution is -2.38. The van der Waals surface area contributed by atoms with Crippen LogP contribution >= 0.6 is 0 Å². The molecule has 1 aromatic carbocycles. The van der Waals surface area contributed by atoms with Gasteiger partial charge in [0.05, 0.1) is 5.69 Å². The minimum atomic E-state index is 0.0185. The highest BCUT2D eigenvalue weighted by Crippen LogP contribution is 2.14. The van der Waals surface area contributed by atoms with Crippen LogP contribution in [0.25, 0.3) is 5.69 Å². The Bertz CT molecular complexity index is 686. The molecule has 132 valence electrons. The van der Waals surface area contributed by atoms with Crippen LogP contribution in [0.3, 0.4) is 0 Å². The second-order valence-corrected chi connectivity index (χ2v) is 5.86. The van der Waals surface area contributed by atoms with Crippen LogP contribution in [0.4, 0.5) is 0 Å². The number of nitrogens with zero attached hydrogens (tertiary/aromatic N) is 6. The van der Waals surface area contributed by atoms with Crippen molar-refractivity contribution in [1.29, 1.82) is 0 Å². The molecule has 0 aliphatic carbocycles. The molecule has 0 atom stereocenters. The van der Waals surface area contributed by atoms with Crippen molar-refractivity contribution < 1.29 is 9.53 Å². The molecule has 8 heteroatoms. The zero-order chi connectivity index (χ0) is 17.5. The number of amides is 1. The third-order valence-corrected chi connectivity index (χ3v) is 4.14. The van der Waals surface area contributed by atoms with Gasteiger partial charge in [-0.1, -0.05) is 6.08 Å². The lowest BCUT2D eigenvalue weighted by molar-refractivity contribution is -0.133. The molecule has 1 amide bonds. The molecule has 2 heterocycles. The molecular formula is C17H22N6O2. The molecule has 1 aliphatic rings. The van der Waals surface area contributed by atoms with Crippen LogP contribution in [0.1, 0.15) is 6.42 Å². The maximum absolute atomic E-state index is 12.4. The molecule has 1 aliphatic heterocycles. The van der Waals surface area contributed by atoms with Crippen molar-refractivity contribution in [3.8, 4) is 11.4 Å². The van der Waals surface area contributed by atoms with Gasteiger partial charge in [0.2, 0.25) is 0 Å². The minimum Gasteiger partial charge on any atom is -0.484 e. The van der Waals surface area contributed by atoms with E-state index in [2.05, 4.69) is 27.0 Å². The van der Waals surface area contributed by atoms with Gasteiger partial charge >= 0.3 is 0 Å². The Labute approximate surface area is 146 Å². The highest BCUT2D eigenvalue weighted by Gasteiger charge is 2.18. The van der Waals surface area contributed by atoms with Gasteiger partial charge in [-0.05, 0) is 41.1 Å². The average Bonchev–Trinajstić information content (AvgIpc) is 3.07. The molecule has 0 saturated carbocycles. The number of hydrogen-bond acceptors (Lipinski definition) is 6. The Morgan fingerprint density at radius 2 is 2.04 bits per heavy atom. The van der Waals surface area contributed by atoms with Crippen LogP contribution in [0.5, 0.6) is 5.75 Å². The number of tetrazole rings is 1. The number of carbonyl (C=O) groups excluding carboxylic acids is 1. The van der Waals surface area contributed by atoms with Crippen LogP contribution in [0.2, 0.25) is 0 Å². The van der Waals surface area contributed by atoms with Crippen LogP contribution < -0.4 is 4.74 Å². The third kappa shape index (κ3) is 4.63. The quantitative estimate of drug-likeness (QED) is 0.722. The number of rotatable bonds is 6. The Morgan fingerprint density at radius 3 is 2.76 bits per heavy atom. The predicted molar refractivity (Wildman–Crippen MR) is 92.5 cm³/mol. The van der Waals surface area contributed by atoms with E-state index in [0.29, 0.717) is 5.75 Å². The number of ether oxygens (including phenoxy) is 1. The fraction of sp³-hybridized carbons (Fsp3) is 0.412. The van der Waals surface area contributed by atoms with Gasteiger partial charge in [0.25, 0.3) is 5.91 Å². The van der Waals surface area contributed by atoms with Gasteiger partial charge in [0.15, 0.2) is 6.61 Å². The van der Waals surface area contributed by atoms with Gasteiger partial charge < -0.3 is 9.64 Å². The molecule has 1 fully saturated rings. The molecule has 0 radical (unpaired) electrons. The Kier molecular flexibility index (Phi) is 5.73. The summed E-state index contributed by atoms with van der Waals surface area (Å²) in [6.45, 7) is 8.06. The maximum Gasteiger partial charge on any atom is 0.260 e. The highest BCUT2D eigenvalue weighted by molar-refractivity contribution is 5.77. The maximum atomic E-state index is 12.4. The summed E-state index contributed by atoms with van der Waals surface area (Å²) in [5.41, 5.74) is 0.832. The van der Waals surface area contributed by atoms with E-state index < -0.39 is 0 Å². The molecule has 25 heavy (non-hydrogen) atoms. The second kappa shape index (κ2) is 8.39. The van der Waals surface area contributed by atoms with Crippen molar-refractivity contribution in [2.75, 3.05) is 39.3 Å². The van der Waals surface area contributed by atoms with Gasteiger partial charge in [-0.25, -0.2) is 4.68 Å². The summed E-state index contributed by atoms with van der Waals surface area (Å²) in [4.78, 5) is 16.6. The van der Waals surface area contributed by atoms with E-state index in [1.807, 2.05) is 23.1 Å². The molecule has 0 unspecified atom stereocenters. The largest absolute Gasteiger partial charge is 0.484 e. The van der Waals surface area contributed by atoms with Crippen LogP contribution in [-0.2, 0) is 4.79 Å². The Hall–Kier alpha value is -2.74. The summed E-state index contributed by atoms with van der Waals surface area (Å²) < 4.78 is 7.18. The molecule has 0 N–H and O–H groups in total. The summed E-state index contributed by atoms with van der Waals surface area (Å²) in [6.07, 6.45) is 4.40. The lowest BCUT2D eigenvalue weighted by Gasteiger charge is -2.21. The summed E-state index contributed by atoms with van der Waals surface area (Å²) in [5.74, 6) is 0.665. The number of hydrogen-bond donors (Lipinski definition) is 0. The molecule has 2 aromatic rings. The summed E-state index contributed by atoms with van der Waals surface area (Å²) in [5, 5.41) is 11.0. The Balaban J connectivity index is 1.49. The summed E-state index contributed by atoms with van der Waals surface area (Å²) >= 11 is 0. The van der Waals surface area contributed by atoms with Gasteiger partial charge in [0.1, 0.15) is 12.1 Å². The van der Waals surface area contributed by atoms with E-state index in [9.17, 15) is 4.79 Å². The molecule has 0 spiro atoms. The van der Waals surface area contributed by atoms with E-state index in [0.717, 1.165) is 44.8 Å². The van der Waals surface area contributed by atoms with E-state index in [-0.39, 0.29) is 12.5 Å². The first-order valence-electron chi connectivity index (χ1n) is 8.33. The normalized spacial score (nSPS) is 15.6. The first kappa shape index (κ1) is 17.1. The lowest BCUT2D eigenvalue weighted by atomic mass is 10.3. The van der Waals surface area contributed by atoms with Crippen molar-refractivity contribution in [3.63, 3.8) is 0 Å². The number of carbonyl (C=O) groups is 1. The average molecular weight is 342 g/mol. The van der Waals surface area contributed by atoms with Crippen molar-refractivity contribution >= 4 is 5.91 Å². The first-order chi connectivity index (χ1) is 12.3. The van der Waals surface area contributed by atoms with Crippen LogP contribution in [0.15, 0.2) is 43.2 Å². The zero-order valence-electron chi connectivity index (χ0n) is 14.1. The first-order valence-corrected chi connectivity index (χ1v) is 8.33. The van der Waals surface area contributed by atoms with Crippen molar-refractivity contribution in [2.24, 2.45) is 0 Å². The molecular weight excluding hydrogens is 320 g/mol. The van der Waals surface area contributed by atoms with Gasteiger partial charge in [0, 0.05) is 32.7 Å². The zero-order valence-corrected chi connectivity index (χ0v) is 14.1. The van der Waals surface area contributed by atoms with Gasteiger partial charge in [-0.3, -0.25) is 9.69 Å². The fourth-order valence-electron chi connectivity index (χ4n) is 2.80. The highest BCUT2D eigenvalue weighted by atomic mass is 16.5. The van der Waals surface area contributed by atoms with E-state index in [4.69, 9.17) is 4.74 Å². The second-order valence-electron chi connectivity index (χ2n) is 5.86. The number of benzene rings is 1. The molecule has 0 bridgehead atoms. The topological polar surface area (TPSA) is 76.4 Å². The monoisotopic (exact) mass is 342 g/mol. The van der Waals surface area contributed by atoms with Gasteiger partial charge in [-0.2, -0.15) is 0 Å². The Morgan fingerprint density at radius 1 is 1.20 bits per heavy atom. The molecule has 8 nitrogen and oxygen atoms in total. The van der Waals surface area contributed by atoms with Crippen LogP contribution in [0, 0.1) is 0 Å².